The van der Waals surface area contributed by atoms with Gasteiger partial charge in [0.1, 0.15) is 6.04 Å². The van der Waals surface area contributed by atoms with E-state index >= 15 is 0 Å². The van der Waals surface area contributed by atoms with Gasteiger partial charge < -0.3 is 20.9 Å². The van der Waals surface area contributed by atoms with E-state index < -0.39 is 27.9 Å². The van der Waals surface area contributed by atoms with Crippen LogP contribution in [0.4, 0.5) is 0 Å². The fourth-order valence-corrected chi connectivity index (χ4v) is 7.53. The summed E-state index contributed by atoms with van der Waals surface area (Å²) in [5.74, 6) is -0.873. The first-order chi connectivity index (χ1) is 19.1. The van der Waals surface area contributed by atoms with Gasteiger partial charge in [0, 0.05) is 50.2 Å². The molecule has 10 nitrogen and oxygen atoms in total. The van der Waals surface area contributed by atoms with Crippen molar-refractivity contribution in [3.05, 3.63) is 63.6 Å². The van der Waals surface area contributed by atoms with E-state index in [0.717, 1.165) is 27.6 Å². The van der Waals surface area contributed by atoms with E-state index in [1.807, 2.05) is 6.08 Å². The number of nitrogens with zero attached hydrogens (tertiary/aromatic N) is 3. The zero-order valence-electron chi connectivity index (χ0n) is 22.0. The third kappa shape index (κ3) is 5.54. The quantitative estimate of drug-likeness (QED) is 0.372. The summed E-state index contributed by atoms with van der Waals surface area (Å²) in [4.78, 5) is 33.1. The molecule has 0 saturated carbocycles. The molecule has 2 aliphatic heterocycles. The van der Waals surface area contributed by atoms with Crippen molar-refractivity contribution in [3.8, 4) is 0 Å². The number of benzene rings is 2. The summed E-state index contributed by atoms with van der Waals surface area (Å²) in [5.41, 5.74) is 1.52. The minimum atomic E-state index is -3.94. The lowest BCUT2D eigenvalue weighted by molar-refractivity contribution is -0.126. The lowest BCUT2D eigenvalue weighted by Crippen LogP contribution is -2.61. The van der Waals surface area contributed by atoms with Crippen molar-refractivity contribution in [2.75, 3.05) is 33.2 Å². The highest BCUT2D eigenvalue weighted by atomic mass is 35.5. The van der Waals surface area contributed by atoms with Crippen molar-refractivity contribution in [2.24, 2.45) is 0 Å². The Labute approximate surface area is 241 Å². The van der Waals surface area contributed by atoms with Gasteiger partial charge in [0.2, 0.25) is 15.9 Å². The van der Waals surface area contributed by atoms with Gasteiger partial charge in [-0.2, -0.15) is 4.31 Å². The largest absolute Gasteiger partial charge is 0.357 e. The number of carbonyl (C=O) groups excluding carboxylic acids is 2. The molecule has 5 rings (SSSR count). The molecule has 210 valence electrons. The Hall–Kier alpha value is -3.16. The number of piperazine rings is 1. The third-order valence-corrected chi connectivity index (χ3v) is 10.3. The first-order valence-corrected chi connectivity index (χ1v) is 15.4. The summed E-state index contributed by atoms with van der Waals surface area (Å²) in [6, 6.07) is 8.86. The molecule has 3 heterocycles. The number of halogens is 1. The molecule has 1 fully saturated rings. The number of hydrogen-bond donors (Lipinski definition) is 3. The Morgan fingerprint density at radius 1 is 1.18 bits per heavy atom. The molecule has 3 N–H and O–H groups in total. The normalized spacial score (nSPS) is 20.3. The Morgan fingerprint density at radius 2 is 1.93 bits per heavy atom. The van der Waals surface area contributed by atoms with Gasteiger partial charge >= 0.3 is 0 Å². The van der Waals surface area contributed by atoms with Crippen LogP contribution in [0, 0.1) is 5.41 Å². The highest BCUT2D eigenvalue weighted by molar-refractivity contribution is 7.89. The smallest absolute Gasteiger partial charge is 0.283 e. The van der Waals surface area contributed by atoms with Crippen molar-refractivity contribution >= 4 is 66.8 Å². The molecule has 2 amide bonds. The molecule has 2 aliphatic rings. The van der Waals surface area contributed by atoms with E-state index in [2.05, 4.69) is 15.6 Å². The van der Waals surface area contributed by atoms with E-state index in [9.17, 15) is 18.0 Å². The van der Waals surface area contributed by atoms with Gasteiger partial charge in [0.25, 0.3) is 5.91 Å². The average Bonchev–Trinajstić information content (AvgIpc) is 3.46. The van der Waals surface area contributed by atoms with Crippen molar-refractivity contribution in [3.63, 3.8) is 0 Å². The van der Waals surface area contributed by atoms with Crippen LogP contribution in [0.25, 0.3) is 16.3 Å². The summed E-state index contributed by atoms with van der Waals surface area (Å²) in [6.45, 7) is 2.36. The van der Waals surface area contributed by atoms with E-state index in [1.54, 1.807) is 43.5 Å². The monoisotopic (exact) mass is 600 g/mol. The molecule has 3 aromatic rings. The number of amides is 2. The number of aromatic nitrogens is 1. The second-order valence-corrected chi connectivity index (χ2v) is 13.1. The average molecular weight is 601 g/mol. The highest BCUT2D eigenvalue weighted by Crippen LogP contribution is 2.30. The molecule has 1 saturated heterocycles. The van der Waals surface area contributed by atoms with Crippen LogP contribution in [0.15, 0.2) is 53.6 Å². The van der Waals surface area contributed by atoms with Crippen molar-refractivity contribution in [1.29, 1.82) is 5.41 Å². The number of fused-ring (bicyclic) bond motifs is 1. The molecule has 2 atom stereocenters. The molecule has 0 spiro atoms. The number of nitrogens with one attached hydrogen (secondary N) is 3. The number of rotatable bonds is 6. The van der Waals surface area contributed by atoms with Gasteiger partial charge in [-0.15, -0.1) is 11.3 Å². The predicted octanol–water partition coefficient (Wildman–Crippen LogP) is 3.00. The maximum atomic E-state index is 13.6. The lowest BCUT2D eigenvalue weighted by Gasteiger charge is -2.39. The molecule has 2 aromatic carbocycles. The number of sulfonamides is 1. The number of hydrogen-bond acceptors (Lipinski definition) is 8. The van der Waals surface area contributed by atoms with Gasteiger partial charge in [0.15, 0.2) is 5.01 Å². The number of thiazole rings is 1. The van der Waals surface area contributed by atoms with E-state index in [-0.39, 0.29) is 35.6 Å². The maximum Gasteiger partial charge on any atom is 0.283 e. The molecule has 0 radical (unpaired) electrons. The van der Waals surface area contributed by atoms with Crippen LogP contribution in [-0.2, 0) is 14.8 Å². The third-order valence-electron chi connectivity index (χ3n) is 7.16. The standard InChI is InChI=1S/C27H29ClN6O4S2/c1-16(29)22-13-19(7-8-31-22)24-14-32-26(39-24)27(36)34-10-9-33(15-23(34)25(35)30-2)40(37,38)21-6-4-17-11-20(28)5-3-18(17)12-21/h3-6,11-14,22-23,29,31H,7-10,15H2,1-2H3,(H,30,35). The molecule has 0 bridgehead atoms. The van der Waals surface area contributed by atoms with Crippen LogP contribution in [-0.4, -0.2) is 85.4 Å². The van der Waals surface area contributed by atoms with Crippen LogP contribution < -0.4 is 10.6 Å². The van der Waals surface area contributed by atoms with E-state index in [0.29, 0.717) is 17.3 Å². The Balaban J connectivity index is 1.37. The van der Waals surface area contributed by atoms with Crippen LogP contribution in [0.2, 0.25) is 5.02 Å². The van der Waals surface area contributed by atoms with Crippen molar-refractivity contribution in [2.45, 2.75) is 30.3 Å². The molecular weight excluding hydrogens is 572 g/mol. The highest BCUT2D eigenvalue weighted by Gasteiger charge is 2.40. The van der Waals surface area contributed by atoms with Crippen molar-refractivity contribution < 1.29 is 18.0 Å². The summed E-state index contributed by atoms with van der Waals surface area (Å²) in [6.07, 6.45) is 4.37. The van der Waals surface area contributed by atoms with Gasteiger partial charge in [-0.3, -0.25) is 9.59 Å². The number of likely N-dealkylation sites (N-methyl/N-ethyl adjacent to an activating group) is 1. The SMILES string of the molecule is CNC(=O)C1CN(S(=O)(=O)c2ccc3cc(Cl)ccc3c2)CCN1C(=O)c1ncc(C2=CC(C(C)=N)NCC2)s1. The lowest BCUT2D eigenvalue weighted by atomic mass is 10.0. The summed E-state index contributed by atoms with van der Waals surface area (Å²) in [7, 11) is -2.48. The van der Waals surface area contributed by atoms with E-state index in [4.69, 9.17) is 17.0 Å². The maximum absolute atomic E-state index is 13.6. The minimum absolute atomic E-state index is 0.0373. The van der Waals surface area contributed by atoms with E-state index in [1.165, 1.54) is 33.7 Å². The fourth-order valence-electron chi connectivity index (χ4n) is 4.95. The second kappa shape index (κ2) is 11.4. The van der Waals surface area contributed by atoms with Crippen molar-refractivity contribution in [1.82, 2.24) is 24.8 Å². The Morgan fingerprint density at radius 3 is 2.67 bits per heavy atom. The fraction of sp³-hybridized carbons (Fsp3) is 0.333. The van der Waals surface area contributed by atoms with Crippen LogP contribution >= 0.6 is 22.9 Å². The summed E-state index contributed by atoms with van der Waals surface area (Å²) >= 11 is 7.30. The molecule has 13 heteroatoms. The topological polar surface area (TPSA) is 136 Å². The minimum Gasteiger partial charge on any atom is -0.357 e. The summed E-state index contributed by atoms with van der Waals surface area (Å²) < 4.78 is 28.4. The van der Waals surface area contributed by atoms with Gasteiger partial charge in [-0.05, 0) is 54.0 Å². The summed E-state index contributed by atoms with van der Waals surface area (Å²) in [5, 5.41) is 16.1. The zero-order chi connectivity index (χ0) is 28.6. The van der Waals surface area contributed by atoms with Crippen LogP contribution in [0.5, 0.6) is 0 Å². The van der Waals surface area contributed by atoms with Gasteiger partial charge in [-0.1, -0.05) is 29.8 Å². The molecular formula is C27H29ClN6O4S2. The van der Waals surface area contributed by atoms with Crippen LogP contribution in [0.3, 0.4) is 0 Å². The molecule has 1 aromatic heterocycles. The van der Waals surface area contributed by atoms with Gasteiger partial charge in [0.05, 0.1) is 15.8 Å². The molecule has 2 unspecified atom stereocenters. The Bertz CT molecular complexity index is 1640. The number of carbonyl (C=O) groups is 2. The Kier molecular flexibility index (Phi) is 8.07. The first-order valence-electron chi connectivity index (χ1n) is 12.8. The first kappa shape index (κ1) is 28.4. The van der Waals surface area contributed by atoms with Gasteiger partial charge in [-0.25, -0.2) is 13.4 Å². The predicted molar refractivity (Wildman–Crippen MR) is 157 cm³/mol. The second-order valence-electron chi connectivity index (χ2n) is 9.73. The van der Waals surface area contributed by atoms with Crippen LogP contribution in [0.1, 0.15) is 28.0 Å². The molecule has 40 heavy (non-hydrogen) atoms. The zero-order valence-corrected chi connectivity index (χ0v) is 24.4. The molecule has 0 aliphatic carbocycles.